The first-order valence-electron chi connectivity index (χ1n) is 8.51. The van der Waals surface area contributed by atoms with Crippen LogP contribution < -0.4 is 5.32 Å². The van der Waals surface area contributed by atoms with Crippen LogP contribution in [-0.4, -0.2) is 25.1 Å². The third-order valence-electron chi connectivity index (χ3n) is 3.98. The Balaban J connectivity index is 3.16. The van der Waals surface area contributed by atoms with Crippen molar-refractivity contribution in [3.05, 3.63) is 0 Å². The second-order valence-electron chi connectivity index (χ2n) is 5.74. The first kappa shape index (κ1) is 19.3. The minimum absolute atomic E-state index is 0.751. The maximum atomic E-state index is 3.45. The number of nitrogens with one attached hydrogen (secondary N) is 1. The first-order chi connectivity index (χ1) is 9.35. The molecule has 116 valence electrons. The molecule has 0 aliphatic rings. The number of hydrogen-bond acceptors (Lipinski definition) is 2. The zero-order chi connectivity index (χ0) is 14.2. The number of thioether (sulfide) groups is 1. The lowest BCUT2D eigenvalue weighted by Gasteiger charge is -2.15. The van der Waals surface area contributed by atoms with E-state index in [1.54, 1.807) is 0 Å². The molecule has 2 heteroatoms. The maximum Gasteiger partial charge on any atom is 0.00719 e. The smallest absolute Gasteiger partial charge is 0.00719 e. The Kier molecular flexibility index (Phi) is 16.6. The van der Waals surface area contributed by atoms with E-state index in [4.69, 9.17) is 0 Å². The SMILES string of the molecule is CCCCCCCCCCCCC(CCSC)NC. The molecule has 1 atom stereocenters. The van der Waals surface area contributed by atoms with Gasteiger partial charge in [0.15, 0.2) is 0 Å². The third-order valence-corrected chi connectivity index (χ3v) is 4.63. The second-order valence-corrected chi connectivity index (χ2v) is 6.72. The normalized spacial score (nSPS) is 12.8. The Morgan fingerprint density at radius 1 is 0.789 bits per heavy atom. The van der Waals surface area contributed by atoms with E-state index < -0.39 is 0 Å². The van der Waals surface area contributed by atoms with E-state index in [0.717, 1.165) is 6.04 Å². The van der Waals surface area contributed by atoms with Gasteiger partial charge in [-0.15, -0.1) is 0 Å². The number of rotatable bonds is 15. The van der Waals surface area contributed by atoms with Crippen LogP contribution in [0, 0.1) is 0 Å². The largest absolute Gasteiger partial charge is 0.317 e. The Bertz CT molecular complexity index is 161. The molecule has 0 amide bonds. The van der Waals surface area contributed by atoms with Crippen LogP contribution in [0.15, 0.2) is 0 Å². The highest BCUT2D eigenvalue weighted by atomic mass is 32.2. The summed E-state index contributed by atoms with van der Waals surface area (Å²) in [5.74, 6) is 1.29. The lowest BCUT2D eigenvalue weighted by molar-refractivity contribution is 0.471. The predicted molar refractivity (Wildman–Crippen MR) is 92.3 cm³/mol. The van der Waals surface area contributed by atoms with E-state index in [1.807, 2.05) is 11.8 Å². The molecule has 1 nitrogen and oxygen atoms in total. The van der Waals surface area contributed by atoms with Gasteiger partial charge in [-0.05, 0) is 31.9 Å². The molecule has 0 aliphatic carbocycles. The van der Waals surface area contributed by atoms with E-state index in [2.05, 4.69) is 25.5 Å². The second kappa shape index (κ2) is 16.4. The Morgan fingerprint density at radius 3 is 1.79 bits per heavy atom. The van der Waals surface area contributed by atoms with Gasteiger partial charge in [-0.3, -0.25) is 0 Å². The minimum Gasteiger partial charge on any atom is -0.317 e. The van der Waals surface area contributed by atoms with Gasteiger partial charge in [0, 0.05) is 6.04 Å². The fourth-order valence-corrected chi connectivity index (χ4v) is 3.09. The van der Waals surface area contributed by atoms with Crippen molar-refractivity contribution in [2.75, 3.05) is 19.1 Å². The molecule has 0 aromatic carbocycles. The van der Waals surface area contributed by atoms with Gasteiger partial charge in [0.05, 0.1) is 0 Å². The highest BCUT2D eigenvalue weighted by molar-refractivity contribution is 7.98. The van der Waals surface area contributed by atoms with Crippen LogP contribution >= 0.6 is 11.8 Å². The van der Waals surface area contributed by atoms with Crippen LogP contribution in [0.2, 0.25) is 0 Å². The van der Waals surface area contributed by atoms with Gasteiger partial charge < -0.3 is 5.32 Å². The van der Waals surface area contributed by atoms with Crippen molar-refractivity contribution in [1.82, 2.24) is 5.32 Å². The van der Waals surface area contributed by atoms with Gasteiger partial charge >= 0.3 is 0 Å². The highest BCUT2D eigenvalue weighted by Crippen LogP contribution is 2.13. The van der Waals surface area contributed by atoms with Gasteiger partial charge in [-0.2, -0.15) is 11.8 Å². The van der Waals surface area contributed by atoms with Crippen LogP contribution in [0.4, 0.5) is 0 Å². The standard InChI is InChI=1S/C17H37NS/c1-4-5-6-7-8-9-10-11-12-13-14-17(18-2)15-16-19-3/h17-18H,4-16H2,1-3H3. The molecule has 19 heavy (non-hydrogen) atoms. The van der Waals surface area contributed by atoms with E-state index in [1.165, 1.54) is 82.8 Å². The van der Waals surface area contributed by atoms with Gasteiger partial charge in [-0.1, -0.05) is 71.1 Å². The van der Waals surface area contributed by atoms with Crippen LogP contribution in [0.3, 0.4) is 0 Å². The third kappa shape index (κ3) is 14.5. The summed E-state index contributed by atoms with van der Waals surface area (Å²) >= 11 is 1.96. The maximum absolute atomic E-state index is 3.45. The number of hydrogen-bond donors (Lipinski definition) is 1. The van der Waals surface area contributed by atoms with Crippen LogP contribution in [0.1, 0.15) is 84.0 Å². The van der Waals surface area contributed by atoms with Crippen molar-refractivity contribution >= 4 is 11.8 Å². The quantitative estimate of drug-likeness (QED) is 0.391. The first-order valence-corrected chi connectivity index (χ1v) is 9.90. The van der Waals surface area contributed by atoms with Gasteiger partial charge in [-0.25, -0.2) is 0 Å². The summed E-state index contributed by atoms with van der Waals surface area (Å²) in [6, 6.07) is 0.751. The average Bonchev–Trinajstić information content (AvgIpc) is 2.44. The predicted octanol–water partition coefficient (Wildman–Crippen LogP) is 5.64. The number of unbranched alkanes of at least 4 members (excludes halogenated alkanes) is 9. The fourth-order valence-electron chi connectivity index (χ4n) is 2.57. The summed E-state index contributed by atoms with van der Waals surface area (Å²) in [5, 5.41) is 3.45. The summed E-state index contributed by atoms with van der Waals surface area (Å²) in [5.41, 5.74) is 0. The van der Waals surface area contributed by atoms with Gasteiger partial charge in [0.25, 0.3) is 0 Å². The summed E-state index contributed by atoms with van der Waals surface area (Å²) in [6.07, 6.45) is 19.3. The molecule has 1 unspecified atom stereocenters. The van der Waals surface area contributed by atoms with Gasteiger partial charge in [0.1, 0.15) is 0 Å². The molecular formula is C17H37NS. The molecule has 0 rings (SSSR count). The molecule has 0 aliphatic heterocycles. The lowest BCUT2D eigenvalue weighted by atomic mass is 10.0. The summed E-state index contributed by atoms with van der Waals surface area (Å²) in [6.45, 7) is 2.29. The van der Waals surface area contributed by atoms with Crippen LogP contribution in [-0.2, 0) is 0 Å². The van der Waals surface area contributed by atoms with Crippen molar-refractivity contribution in [2.45, 2.75) is 90.0 Å². The molecule has 0 aromatic rings. The summed E-state index contributed by atoms with van der Waals surface area (Å²) in [7, 11) is 2.11. The fraction of sp³-hybridized carbons (Fsp3) is 1.00. The molecule has 0 heterocycles. The van der Waals surface area contributed by atoms with Crippen molar-refractivity contribution in [3.63, 3.8) is 0 Å². The molecular weight excluding hydrogens is 250 g/mol. The molecule has 0 aromatic heterocycles. The molecule has 0 spiro atoms. The topological polar surface area (TPSA) is 12.0 Å². The lowest BCUT2D eigenvalue weighted by Crippen LogP contribution is -2.25. The van der Waals surface area contributed by atoms with Crippen LogP contribution in [0.5, 0.6) is 0 Å². The monoisotopic (exact) mass is 287 g/mol. The van der Waals surface area contributed by atoms with Crippen molar-refractivity contribution in [3.8, 4) is 0 Å². The summed E-state index contributed by atoms with van der Waals surface area (Å²) < 4.78 is 0. The Morgan fingerprint density at radius 2 is 1.32 bits per heavy atom. The van der Waals surface area contributed by atoms with Crippen molar-refractivity contribution in [1.29, 1.82) is 0 Å². The van der Waals surface area contributed by atoms with Crippen molar-refractivity contribution in [2.24, 2.45) is 0 Å². The van der Waals surface area contributed by atoms with Crippen LogP contribution in [0.25, 0.3) is 0 Å². The van der Waals surface area contributed by atoms with E-state index in [-0.39, 0.29) is 0 Å². The van der Waals surface area contributed by atoms with E-state index in [9.17, 15) is 0 Å². The molecule has 0 saturated heterocycles. The Hall–Kier alpha value is 0.310. The molecule has 0 saturated carbocycles. The van der Waals surface area contributed by atoms with E-state index in [0.29, 0.717) is 0 Å². The average molecular weight is 288 g/mol. The van der Waals surface area contributed by atoms with E-state index >= 15 is 0 Å². The van der Waals surface area contributed by atoms with Gasteiger partial charge in [0.2, 0.25) is 0 Å². The molecule has 1 N–H and O–H groups in total. The zero-order valence-corrected chi connectivity index (χ0v) is 14.5. The minimum atomic E-state index is 0.751. The zero-order valence-electron chi connectivity index (χ0n) is 13.7. The highest BCUT2D eigenvalue weighted by Gasteiger charge is 2.04. The molecule has 0 radical (unpaired) electrons. The molecule has 0 fully saturated rings. The van der Waals surface area contributed by atoms with Crippen molar-refractivity contribution < 1.29 is 0 Å². The molecule has 0 bridgehead atoms. The Labute approximate surface area is 126 Å². The summed E-state index contributed by atoms with van der Waals surface area (Å²) in [4.78, 5) is 0.